The Kier molecular flexibility index (Phi) is 5.93. The van der Waals surface area contributed by atoms with Crippen molar-refractivity contribution < 1.29 is 18.7 Å². The lowest BCUT2D eigenvalue weighted by Crippen LogP contribution is -2.20. The Morgan fingerprint density at radius 1 is 1.37 bits per heavy atom. The van der Waals surface area contributed by atoms with Gasteiger partial charge in [0.05, 0.1) is 7.11 Å². The number of benzene rings is 1. The number of methoxy groups -OCH3 is 1. The summed E-state index contributed by atoms with van der Waals surface area (Å²) < 4.78 is 17.3. The second kappa shape index (κ2) is 7.46. The van der Waals surface area contributed by atoms with Crippen LogP contribution in [-0.4, -0.2) is 18.9 Å². The normalized spacial score (nSPS) is 11.7. The Labute approximate surface area is 112 Å². The molecule has 0 fully saturated rings. The van der Waals surface area contributed by atoms with Gasteiger partial charge in [0.25, 0.3) is 0 Å². The molecule has 0 saturated heterocycles. The Bertz CT molecular complexity index is 451. The van der Waals surface area contributed by atoms with Crippen molar-refractivity contribution in [3.05, 3.63) is 48.3 Å². The van der Waals surface area contributed by atoms with Gasteiger partial charge in [-0.25, -0.2) is 4.39 Å². The maximum Gasteiger partial charge on any atom is 0.313 e. The molecule has 102 valence electrons. The molecule has 0 heterocycles. The van der Waals surface area contributed by atoms with E-state index in [1.54, 1.807) is 18.2 Å². The van der Waals surface area contributed by atoms with E-state index in [0.717, 1.165) is 5.56 Å². The van der Waals surface area contributed by atoms with Crippen molar-refractivity contribution in [3.63, 3.8) is 0 Å². The van der Waals surface area contributed by atoms with Crippen LogP contribution < -0.4 is 0 Å². The lowest BCUT2D eigenvalue weighted by atomic mass is 9.91. The fourth-order valence-corrected chi connectivity index (χ4v) is 1.79. The first-order chi connectivity index (χ1) is 9.06. The highest BCUT2D eigenvalue weighted by Gasteiger charge is 2.20. The van der Waals surface area contributed by atoms with E-state index in [2.05, 4.69) is 11.3 Å². The summed E-state index contributed by atoms with van der Waals surface area (Å²) in [7, 11) is 1.25. The van der Waals surface area contributed by atoms with Crippen LogP contribution in [0.15, 0.2) is 36.9 Å². The SMILES string of the molecule is C=CCC(Cc1ccc(F)cc1)C(=O)CC(=O)OC. The summed E-state index contributed by atoms with van der Waals surface area (Å²) in [5.41, 5.74) is 0.853. The van der Waals surface area contributed by atoms with Crippen LogP contribution in [0.3, 0.4) is 0 Å². The molecule has 19 heavy (non-hydrogen) atoms. The molecule has 0 aliphatic rings. The van der Waals surface area contributed by atoms with Gasteiger partial charge in [0.15, 0.2) is 0 Å². The van der Waals surface area contributed by atoms with Gasteiger partial charge in [0.1, 0.15) is 18.0 Å². The molecular weight excluding hydrogens is 247 g/mol. The van der Waals surface area contributed by atoms with E-state index in [0.29, 0.717) is 12.8 Å². The maximum absolute atomic E-state index is 12.8. The third-order valence-corrected chi connectivity index (χ3v) is 2.85. The number of hydrogen-bond donors (Lipinski definition) is 0. The van der Waals surface area contributed by atoms with Gasteiger partial charge in [-0.2, -0.15) is 0 Å². The second-order valence-corrected chi connectivity index (χ2v) is 4.27. The highest BCUT2D eigenvalue weighted by Crippen LogP contribution is 2.16. The van der Waals surface area contributed by atoms with Crippen LogP contribution >= 0.6 is 0 Å². The number of ether oxygens (including phenoxy) is 1. The quantitative estimate of drug-likeness (QED) is 0.432. The zero-order valence-electron chi connectivity index (χ0n) is 10.9. The number of carbonyl (C=O) groups is 2. The van der Waals surface area contributed by atoms with Gasteiger partial charge in [0, 0.05) is 5.92 Å². The molecule has 0 saturated carbocycles. The van der Waals surface area contributed by atoms with Crippen molar-refractivity contribution >= 4 is 11.8 Å². The maximum atomic E-state index is 12.8. The topological polar surface area (TPSA) is 43.4 Å². The first kappa shape index (κ1) is 15.1. The summed E-state index contributed by atoms with van der Waals surface area (Å²) in [4.78, 5) is 23.1. The van der Waals surface area contributed by atoms with Crippen LogP contribution in [0.2, 0.25) is 0 Å². The standard InChI is InChI=1S/C15H17FO3/c1-3-4-12(14(17)10-15(18)19-2)9-11-5-7-13(16)8-6-11/h3,5-8,12H,1,4,9-10H2,2H3. The number of esters is 1. The van der Waals surface area contributed by atoms with E-state index < -0.39 is 5.97 Å². The van der Waals surface area contributed by atoms with Crippen LogP contribution in [0.1, 0.15) is 18.4 Å². The van der Waals surface area contributed by atoms with Crippen molar-refractivity contribution in [2.75, 3.05) is 7.11 Å². The average molecular weight is 264 g/mol. The molecule has 0 aliphatic heterocycles. The smallest absolute Gasteiger partial charge is 0.313 e. The van der Waals surface area contributed by atoms with Crippen molar-refractivity contribution in [2.45, 2.75) is 19.3 Å². The molecule has 3 nitrogen and oxygen atoms in total. The summed E-state index contributed by atoms with van der Waals surface area (Å²) in [6.45, 7) is 3.61. The summed E-state index contributed by atoms with van der Waals surface area (Å²) >= 11 is 0. The van der Waals surface area contributed by atoms with Crippen molar-refractivity contribution in [3.8, 4) is 0 Å². The van der Waals surface area contributed by atoms with E-state index >= 15 is 0 Å². The van der Waals surface area contributed by atoms with E-state index in [9.17, 15) is 14.0 Å². The molecule has 4 heteroatoms. The zero-order valence-corrected chi connectivity index (χ0v) is 10.9. The fraction of sp³-hybridized carbons (Fsp3) is 0.333. The van der Waals surface area contributed by atoms with Gasteiger partial charge in [-0.3, -0.25) is 9.59 Å². The van der Waals surface area contributed by atoms with Crippen LogP contribution in [0, 0.1) is 11.7 Å². The first-order valence-electron chi connectivity index (χ1n) is 6.01. The number of carbonyl (C=O) groups excluding carboxylic acids is 2. The molecule has 0 aromatic heterocycles. The molecule has 1 atom stereocenters. The summed E-state index contributed by atoms with van der Waals surface area (Å²) in [6.07, 6.45) is 2.34. The number of Topliss-reactive ketones (excluding diaryl/α,β-unsaturated/α-hetero) is 1. The summed E-state index contributed by atoms with van der Waals surface area (Å²) in [6, 6.07) is 5.98. The van der Waals surface area contributed by atoms with Gasteiger partial charge >= 0.3 is 5.97 Å². The second-order valence-electron chi connectivity index (χ2n) is 4.27. The fourth-order valence-electron chi connectivity index (χ4n) is 1.79. The van der Waals surface area contributed by atoms with E-state index in [1.165, 1.54) is 19.2 Å². The Balaban J connectivity index is 2.71. The van der Waals surface area contributed by atoms with Crippen molar-refractivity contribution in [2.24, 2.45) is 5.92 Å². The summed E-state index contributed by atoms with van der Waals surface area (Å²) in [5.74, 6) is -1.37. The van der Waals surface area contributed by atoms with E-state index in [-0.39, 0.29) is 23.9 Å². The Morgan fingerprint density at radius 2 is 2.00 bits per heavy atom. The van der Waals surface area contributed by atoms with Gasteiger partial charge in [-0.05, 0) is 30.5 Å². The molecule has 1 aromatic rings. The molecule has 0 amide bonds. The molecule has 0 bridgehead atoms. The molecule has 0 aliphatic carbocycles. The van der Waals surface area contributed by atoms with Crippen LogP contribution in [0.5, 0.6) is 0 Å². The third kappa shape index (κ3) is 5.04. The van der Waals surface area contributed by atoms with Crippen molar-refractivity contribution in [1.29, 1.82) is 0 Å². The van der Waals surface area contributed by atoms with Gasteiger partial charge in [-0.15, -0.1) is 6.58 Å². The highest BCUT2D eigenvalue weighted by atomic mass is 19.1. The van der Waals surface area contributed by atoms with Gasteiger partial charge in [-0.1, -0.05) is 18.2 Å². The Hall–Kier alpha value is -1.97. The lowest BCUT2D eigenvalue weighted by Gasteiger charge is -2.13. The predicted molar refractivity (Wildman–Crippen MR) is 70.0 cm³/mol. The minimum Gasteiger partial charge on any atom is -0.469 e. The van der Waals surface area contributed by atoms with Gasteiger partial charge < -0.3 is 4.74 Å². The van der Waals surface area contributed by atoms with Crippen LogP contribution in [-0.2, 0) is 20.7 Å². The van der Waals surface area contributed by atoms with Crippen LogP contribution in [0.4, 0.5) is 4.39 Å². The number of rotatable bonds is 7. The van der Waals surface area contributed by atoms with E-state index in [1.807, 2.05) is 0 Å². The Morgan fingerprint density at radius 3 is 2.53 bits per heavy atom. The number of allylic oxidation sites excluding steroid dienone is 1. The van der Waals surface area contributed by atoms with Gasteiger partial charge in [0.2, 0.25) is 0 Å². The predicted octanol–water partition coefficient (Wildman–Crippen LogP) is 2.69. The number of ketones is 1. The average Bonchev–Trinajstić information content (AvgIpc) is 2.40. The monoisotopic (exact) mass is 264 g/mol. The minimum atomic E-state index is -0.543. The van der Waals surface area contributed by atoms with E-state index in [4.69, 9.17) is 0 Å². The molecule has 0 N–H and O–H groups in total. The highest BCUT2D eigenvalue weighted by molar-refractivity contribution is 5.96. The molecule has 1 unspecified atom stereocenters. The third-order valence-electron chi connectivity index (χ3n) is 2.85. The zero-order chi connectivity index (χ0) is 14.3. The molecule has 1 rings (SSSR count). The van der Waals surface area contributed by atoms with Crippen molar-refractivity contribution in [1.82, 2.24) is 0 Å². The molecule has 0 spiro atoms. The minimum absolute atomic E-state index is 0.184. The lowest BCUT2D eigenvalue weighted by molar-refractivity contribution is -0.144. The molecule has 1 aromatic carbocycles. The molecule has 0 radical (unpaired) electrons. The molecular formula is C15H17FO3. The number of hydrogen-bond acceptors (Lipinski definition) is 3. The first-order valence-corrected chi connectivity index (χ1v) is 6.01. The van der Waals surface area contributed by atoms with Crippen LogP contribution in [0.25, 0.3) is 0 Å². The summed E-state index contributed by atoms with van der Waals surface area (Å²) in [5, 5.41) is 0. The number of halogens is 1. The largest absolute Gasteiger partial charge is 0.469 e.